The molecule has 0 aliphatic rings. The molecule has 2 aromatic heterocycles. The predicted molar refractivity (Wildman–Crippen MR) is 78.4 cm³/mol. The molecule has 21 heavy (non-hydrogen) atoms. The quantitative estimate of drug-likeness (QED) is 0.687. The zero-order valence-corrected chi connectivity index (χ0v) is 11.5. The van der Waals surface area contributed by atoms with Crippen molar-refractivity contribution < 1.29 is 9.53 Å². The molecular weight excluding hydrogens is 266 g/mol. The number of nitrogens with zero attached hydrogens (tertiary/aromatic N) is 3. The van der Waals surface area contributed by atoms with Crippen LogP contribution < -0.4 is 4.74 Å². The van der Waals surface area contributed by atoms with Crippen LogP contribution in [-0.4, -0.2) is 27.3 Å². The van der Waals surface area contributed by atoms with Gasteiger partial charge in [0.05, 0.1) is 29.4 Å². The van der Waals surface area contributed by atoms with E-state index >= 15 is 0 Å². The van der Waals surface area contributed by atoms with Crippen LogP contribution >= 0.6 is 0 Å². The van der Waals surface area contributed by atoms with Crippen LogP contribution in [0.15, 0.2) is 49.1 Å². The molecule has 3 aromatic rings. The Morgan fingerprint density at radius 3 is 2.90 bits per heavy atom. The van der Waals surface area contributed by atoms with E-state index in [0.717, 1.165) is 0 Å². The second-order valence-corrected chi connectivity index (χ2v) is 4.40. The van der Waals surface area contributed by atoms with E-state index in [0.29, 0.717) is 34.5 Å². The summed E-state index contributed by atoms with van der Waals surface area (Å²) in [5, 5.41) is 0. The van der Waals surface area contributed by atoms with Gasteiger partial charge < -0.3 is 4.74 Å². The largest absolute Gasteiger partial charge is 0.492 e. The number of carbonyl (C=O) groups excluding carboxylic acids is 1. The first-order valence-corrected chi connectivity index (χ1v) is 6.62. The van der Waals surface area contributed by atoms with Gasteiger partial charge in [-0.3, -0.25) is 19.7 Å². The number of carbonyl (C=O) groups is 1. The number of hydrogen-bond donors (Lipinski definition) is 0. The van der Waals surface area contributed by atoms with Crippen molar-refractivity contribution in [3.05, 3.63) is 60.2 Å². The number of rotatable bonds is 4. The monoisotopic (exact) mass is 279 g/mol. The number of para-hydroxylation sites is 1. The lowest BCUT2D eigenvalue weighted by Gasteiger charge is -2.06. The van der Waals surface area contributed by atoms with E-state index in [9.17, 15) is 4.79 Å². The van der Waals surface area contributed by atoms with Crippen LogP contribution in [0, 0.1) is 0 Å². The fourth-order valence-electron chi connectivity index (χ4n) is 2.12. The van der Waals surface area contributed by atoms with E-state index in [1.54, 1.807) is 36.8 Å². The smallest absolute Gasteiger partial charge is 0.196 e. The Balaban J connectivity index is 2.06. The van der Waals surface area contributed by atoms with Gasteiger partial charge in [-0.05, 0) is 25.1 Å². The minimum Gasteiger partial charge on any atom is -0.492 e. The van der Waals surface area contributed by atoms with Crippen molar-refractivity contribution in [3.63, 3.8) is 0 Å². The van der Waals surface area contributed by atoms with Crippen molar-refractivity contribution in [3.8, 4) is 5.75 Å². The molecule has 0 radical (unpaired) electrons. The summed E-state index contributed by atoms with van der Waals surface area (Å²) in [4.78, 5) is 25.2. The van der Waals surface area contributed by atoms with Crippen LogP contribution in [0.4, 0.5) is 0 Å². The lowest BCUT2D eigenvalue weighted by molar-refractivity contribution is 0.103. The van der Waals surface area contributed by atoms with E-state index in [4.69, 9.17) is 4.74 Å². The summed E-state index contributed by atoms with van der Waals surface area (Å²) in [5.74, 6) is 0.435. The third-order valence-electron chi connectivity index (χ3n) is 3.03. The van der Waals surface area contributed by atoms with Gasteiger partial charge in [0.15, 0.2) is 5.78 Å². The summed E-state index contributed by atoms with van der Waals surface area (Å²) in [6.07, 6.45) is 6.30. The van der Waals surface area contributed by atoms with Crippen LogP contribution in [0.25, 0.3) is 11.0 Å². The maximum Gasteiger partial charge on any atom is 0.196 e. The van der Waals surface area contributed by atoms with Crippen molar-refractivity contribution in [2.24, 2.45) is 0 Å². The lowest BCUT2D eigenvalue weighted by Crippen LogP contribution is -2.05. The van der Waals surface area contributed by atoms with Crippen molar-refractivity contribution in [1.82, 2.24) is 15.0 Å². The van der Waals surface area contributed by atoms with Gasteiger partial charge in [0.25, 0.3) is 0 Å². The van der Waals surface area contributed by atoms with Gasteiger partial charge in [0.1, 0.15) is 5.75 Å². The molecule has 0 unspecified atom stereocenters. The van der Waals surface area contributed by atoms with Crippen LogP contribution in [0.2, 0.25) is 0 Å². The third-order valence-corrected chi connectivity index (χ3v) is 3.03. The van der Waals surface area contributed by atoms with Crippen LogP contribution in [0.3, 0.4) is 0 Å². The van der Waals surface area contributed by atoms with Gasteiger partial charge in [-0.25, -0.2) is 0 Å². The van der Waals surface area contributed by atoms with E-state index < -0.39 is 0 Å². The molecule has 0 aliphatic heterocycles. The number of aromatic nitrogens is 3. The highest BCUT2D eigenvalue weighted by Crippen LogP contribution is 2.19. The highest BCUT2D eigenvalue weighted by atomic mass is 16.5. The van der Waals surface area contributed by atoms with Gasteiger partial charge in [-0.1, -0.05) is 6.07 Å². The van der Waals surface area contributed by atoms with Crippen LogP contribution in [0.5, 0.6) is 5.75 Å². The average Bonchev–Trinajstić information content (AvgIpc) is 2.54. The van der Waals surface area contributed by atoms with E-state index in [1.165, 1.54) is 6.20 Å². The second-order valence-electron chi connectivity index (χ2n) is 4.40. The summed E-state index contributed by atoms with van der Waals surface area (Å²) in [6, 6.07) is 7.05. The fraction of sp³-hybridized carbons (Fsp3) is 0.125. The Kier molecular flexibility index (Phi) is 3.55. The molecule has 0 amide bonds. The summed E-state index contributed by atoms with van der Waals surface area (Å²) in [5.41, 5.74) is 2.26. The predicted octanol–water partition coefficient (Wildman–Crippen LogP) is 2.65. The number of benzene rings is 1. The maximum absolute atomic E-state index is 12.7. The molecular formula is C16H13N3O2. The SMILES string of the molecule is CCOc1cncc(C(=O)c2cccc3nccnc23)c1. The molecule has 0 aliphatic carbocycles. The summed E-state index contributed by atoms with van der Waals surface area (Å²) < 4.78 is 5.38. The molecule has 104 valence electrons. The number of hydrogen-bond acceptors (Lipinski definition) is 5. The molecule has 0 spiro atoms. The van der Waals surface area contributed by atoms with Gasteiger partial charge in [0, 0.05) is 24.2 Å². The first-order valence-electron chi connectivity index (χ1n) is 6.62. The van der Waals surface area contributed by atoms with Crippen molar-refractivity contribution in [1.29, 1.82) is 0 Å². The molecule has 5 heteroatoms. The van der Waals surface area contributed by atoms with E-state index in [-0.39, 0.29) is 5.78 Å². The second kappa shape index (κ2) is 5.66. The summed E-state index contributed by atoms with van der Waals surface area (Å²) >= 11 is 0. The van der Waals surface area contributed by atoms with Gasteiger partial charge in [-0.2, -0.15) is 0 Å². The molecule has 0 saturated heterocycles. The molecule has 5 nitrogen and oxygen atoms in total. The van der Waals surface area contributed by atoms with Gasteiger partial charge in [0.2, 0.25) is 0 Å². The Morgan fingerprint density at radius 2 is 2.05 bits per heavy atom. The highest BCUT2D eigenvalue weighted by Gasteiger charge is 2.14. The van der Waals surface area contributed by atoms with Gasteiger partial charge >= 0.3 is 0 Å². The normalized spacial score (nSPS) is 10.5. The first kappa shape index (κ1) is 13.2. The molecule has 2 heterocycles. The maximum atomic E-state index is 12.7. The Bertz CT molecular complexity index is 797. The Hall–Kier alpha value is -2.82. The van der Waals surface area contributed by atoms with Crippen molar-refractivity contribution in [2.75, 3.05) is 6.61 Å². The number of ketones is 1. The number of ether oxygens (including phenoxy) is 1. The van der Waals surface area contributed by atoms with Crippen LogP contribution in [0.1, 0.15) is 22.8 Å². The van der Waals surface area contributed by atoms with E-state index in [1.807, 2.05) is 13.0 Å². The zero-order valence-electron chi connectivity index (χ0n) is 11.5. The summed E-state index contributed by atoms with van der Waals surface area (Å²) in [7, 11) is 0. The fourth-order valence-corrected chi connectivity index (χ4v) is 2.12. The first-order chi connectivity index (χ1) is 10.3. The van der Waals surface area contributed by atoms with Crippen LogP contribution in [-0.2, 0) is 0 Å². The standard InChI is InChI=1S/C16H13N3O2/c1-2-21-12-8-11(9-17-10-12)16(20)13-4-3-5-14-15(13)19-7-6-18-14/h3-10H,2H2,1H3. The lowest BCUT2D eigenvalue weighted by atomic mass is 10.0. The number of fused-ring (bicyclic) bond motifs is 1. The minimum absolute atomic E-state index is 0.143. The topological polar surface area (TPSA) is 65.0 Å². The molecule has 1 aromatic carbocycles. The molecule has 0 bridgehead atoms. The Labute approximate surface area is 121 Å². The van der Waals surface area contributed by atoms with Crippen molar-refractivity contribution in [2.45, 2.75) is 6.92 Å². The molecule has 3 rings (SSSR count). The number of pyridine rings is 1. The zero-order chi connectivity index (χ0) is 14.7. The van der Waals surface area contributed by atoms with Gasteiger partial charge in [-0.15, -0.1) is 0 Å². The van der Waals surface area contributed by atoms with Crippen molar-refractivity contribution >= 4 is 16.8 Å². The molecule has 0 N–H and O–H groups in total. The molecule has 0 saturated carbocycles. The highest BCUT2D eigenvalue weighted by molar-refractivity contribution is 6.15. The average molecular weight is 279 g/mol. The minimum atomic E-state index is -0.143. The Morgan fingerprint density at radius 1 is 1.19 bits per heavy atom. The molecule has 0 fully saturated rings. The van der Waals surface area contributed by atoms with E-state index in [2.05, 4.69) is 15.0 Å². The third kappa shape index (κ3) is 2.58. The summed E-state index contributed by atoms with van der Waals surface area (Å²) in [6.45, 7) is 2.41. The molecule has 0 atom stereocenters.